The van der Waals surface area contributed by atoms with Gasteiger partial charge in [0.15, 0.2) is 0 Å². The van der Waals surface area contributed by atoms with Crippen molar-refractivity contribution in [3.05, 3.63) is 17.3 Å². The Balaban J connectivity index is 1.92. The quantitative estimate of drug-likeness (QED) is 0.553. The number of amides is 2. The number of hydrogen-bond donors (Lipinski definition) is 2. The highest BCUT2D eigenvalue weighted by Gasteiger charge is 2.16. The maximum absolute atomic E-state index is 12.0. The third kappa shape index (κ3) is 4.91. The molecule has 0 unspecified atom stereocenters. The van der Waals surface area contributed by atoms with E-state index < -0.39 is 6.04 Å². The molecule has 8 heteroatoms. The van der Waals surface area contributed by atoms with E-state index in [1.165, 1.54) is 23.0 Å². The van der Waals surface area contributed by atoms with E-state index in [0.29, 0.717) is 6.54 Å². The third-order valence-electron chi connectivity index (χ3n) is 3.35. The van der Waals surface area contributed by atoms with E-state index in [4.69, 9.17) is 0 Å². The lowest BCUT2D eigenvalue weighted by Crippen LogP contribution is -2.45. The van der Waals surface area contributed by atoms with Crippen LogP contribution in [0.15, 0.2) is 17.4 Å². The van der Waals surface area contributed by atoms with E-state index in [2.05, 4.69) is 33.6 Å². The van der Waals surface area contributed by atoms with E-state index in [9.17, 15) is 9.59 Å². The summed E-state index contributed by atoms with van der Waals surface area (Å²) in [5, 5.41) is 7.27. The Kier molecular flexibility index (Phi) is 6.99. The van der Waals surface area contributed by atoms with Crippen molar-refractivity contribution in [2.45, 2.75) is 44.7 Å². The molecule has 2 aromatic rings. The number of nitrogens with zero attached hydrogens (tertiary/aromatic N) is 2. The molecular formula is C16H22N4O2S2. The van der Waals surface area contributed by atoms with E-state index >= 15 is 0 Å². The summed E-state index contributed by atoms with van der Waals surface area (Å²) in [6.45, 7) is 6.38. The lowest BCUT2D eigenvalue weighted by molar-refractivity contribution is -0.127. The van der Waals surface area contributed by atoms with Crippen LogP contribution in [0.2, 0.25) is 0 Å². The number of nitrogens with one attached hydrogen (secondary N) is 2. The minimum absolute atomic E-state index is 0.162. The Morgan fingerprint density at radius 1 is 1.33 bits per heavy atom. The number of thiophene rings is 1. The van der Waals surface area contributed by atoms with E-state index in [0.717, 1.165) is 28.1 Å². The molecule has 2 aromatic heterocycles. The summed E-state index contributed by atoms with van der Waals surface area (Å²) in [4.78, 5) is 34.6. The molecule has 0 aliphatic heterocycles. The lowest BCUT2D eigenvalue weighted by atomic mass is 10.3. The molecular weight excluding hydrogens is 344 g/mol. The first kappa shape index (κ1) is 18.7. The number of rotatable bonds is 8. The van der Waals surface area contributed by atoms with Crippen molar-refractivity contribution in [2.75, 3.05) is 12.3 Å². The number of carbonyl (C=O) groups excluding carboxylic acids is 2. The van der Waals surface area contributed by atoms with Gasteiger partial charge in [0.25, 0.3) is 0 Å². The predicted molar refractivity (Wildman–Crippen MR) is 98.4 cm³/mol. The standard InChI is InChI=1S/C16H22N4O2S2/c1-4-6-17-14(22)10(3)20-13(21)8-23-15-12-7-11(5-2)24-16(12)19-9-18-15/h7,9-10H,4-6,8H2,1-3H3,(H,17,22)(H,20,21)/t10-/m1/s1. The summed E-state index contributed by atoms with van der Waals surface area (Å²) in [7, 11) is 0. The summed E-state index contributed by atoms with van der Waals surface area (Å²) in [6, 6.07) is 1.55. The van der Waals surface area contributed by atoms with Crippen molar-refractivity contribution in [1.82, 2.24) is 20.6 Å². The molecule has 0 aliphatic rings. The number of thioether (sulfide) groups is 1. The third-order valence-corrected chi connectivity index (χ3v) is 5.55. The fourth-order valence-corrected chi connectivity index (χ4v) is 3.84. The summed E-state index contributed by atoms with van der Waals surface area (Å²) >= 11 is 3.02. The number of hydrogen-bond acceptors (Lipinski definition) is 6. The van der Waals surface area contributed by atoms with Crippen LogP contribution >= 0.6 is 23.1 Å². The molecule has 130 valence electrons. The van der Waals surface area contributed by atoms with Crippen molar-refractivity contribution in [3.8, 4) is 0 Å². The molecule has 1 atom stereocenters. The van der Waals surface area contributed by atoms with Crippen molar-refractivity contribution in [2.24, 2.45) is 0 Å². The lowest BCUT2D eigenvalue weighted by Gasteiger charge is -2.13. The molecule has 0 bridgehead atoms. The van der Waals surface area contributed by atoms with Crippen molar-refractivity contribution in [3.63, 3.8) is 0 Å². The molecule has 24 heavy (non-hydrogen) atoms. The monoisotopic (exact) mass is 366 g/mol. The summed E-state index contributed by atoms with van der Waals surface area (Å²) < 4.78 is 0. The molecule has 6 nitrogen and oxygen atoms in total. The normalized spacial score (nSPS) is 12.1. The van der Waals surface area contributed by atoms with Gasteiger partial charge >= 0.3 is 0 Å². The number of fused-ring (bicyclic) bond motifs is 1. The second kappa shape index (κ2) is 8.98. The Hall–Kier alpha value is -1.67. The Morgan fingerprint density at radius 2 is 2.12 bits per heavy atom. The van der Waals surface area contributed by atoms with Gasteiger partial charge in [-0.25, -0.2) is 9.97 Å². The molecule has 2 rings (SSSR count). The SMILES string of the molecule is CCCNC(=O)[C@@H](C)NC(=O)CSc1ncnc2sc(CC)cc12. The van der Waals surface area contributed by atoms with Gasteiger partial charge < -0.3 is 10.6 Å². The highest BCUT2D eigenvalue weighted by molar-refractivity contribution is 8.00. The highest BCUT2D eigenvalue weighted by atomic mass is 32.2. The molecule has 0 fully saturated rings. The van der Waals surface area contributed by atoms with Crippen LogP contribution in [0.1, 0.15) is 32.1 Å². The number of aryl methyl sites for hydroxylation is 1. The van der Waals surface area contributed by atoms with E-state index in [1.807, 2.05) is 6.92 Å². The van der Waals surface area contributed by atoms with Gasteiger partial charge in [-0.2, -0.15) is 0 Å². The maximum Gasteiger partial charge on any atom is 0.242 e. The van der Waals surface area contributed by atoms with Crippen LogP contribution in [0, 0.1) is 0 Å². The number of aromatic nitrogens is 2. The highest BCUT2D eigenvalue weighted by Crippen LogP contribution is 2.30. The Bertz CT molecular complexity index is 717. The van der Waals surface area contributed by atoms with Gasteiger partial charge in [-0.1, -0.05) is 25.6 Å². The zero-order valence-electron chi connectivity index (χ0n) is 14.1. The van der Waals surface area contributed by atoms with Crippen LogP contribution in [0.3, 0.4) is 0 Å². The topological polar surface area (TPSA) is 84.0 Å². The smallest absolute Gasteiger partial charge is 0.242 e. The average Bonchev–Trinajstić information content (AvgIpc) is 3.01. The van der Waals surface area contributed by atoms with Crippen molar-refractivity contribution < 1.29 is 9.59 Å². The van der Waals surface area contributed by atoms with Gasteiger partial charge in [-0.3, -0.25) is 9.59 Å². The van der Waals surface area contributed by atoms with Gasteiger partial charge in [0, 0.05) is 16.8 Å². The first-order chi connectivity index (χ1) is 11.5. The molecule has 0 saturated carbocycles. The molecule has 0 aromatic carbocycles. The second-order valence-electron chi connectivity index (χ2n) is 5.33. The molecule has 0 radical (unpaired) electrons. The first-order valence-electron chi connectivity index (χ1n) is 7.98. The van der Waals surface area contributed by atoms with Gasteiger partial charge in [0.1, 0.15) is 22.2 Å². The molecule has 2 amide bonds. The zero-order valence-corrected chi connectivity index (χ0v) is 15.7. The summed E-state index contributed by atoms with van der Waals surface area (Å²) in [6.07, 6.45) is 3.35. The molecule has 0 aliphatic carbocycles. The van der Waals surface area contributed by atoms with Gasteiger partial charge in [0.2, 0.25) is 11.8 Å². The van der Waals surface area contributed by atoms with Crippen LogP contribution in [0.5, 0.6) is 0 Å². The Morgan fingerprint density at radius 3 is 2.83 bits per heavy atom. The molecule has 0 saturated heterocycles. The first-order valence-corrected chi connectivity index (χ1v) is 9.78. The second-order valence-corrected chi connectivity index (χ2v) is 7.41. The average molecular weight is 367 g/mol. The molecule has 2 N–H and O–H groups in total. The zero-order chi connectivity index (χ0) is 17.5. The molecule has 0 spiro atoms. The number of carbonyl (C=O) groups is 2. The van der Waals surface area contributed by atoms with Crippen LogP contribution < -0.4 is 10.6 Å². The minimum atomic E-state index is -0.539. The van der Waals surface area contributed by atoms with Crippen molar-refractivity contribution >= 4 is 45.1 Å². The van der Waals surface area contributed by atoms with Crippen LogP contribution in [0.4, 0.5) is 0 Å². The maximum atomic E-state index is 12.0. The minimum Gasteiger partial charge on any atom is -0.354 e. The van der Waals surface area contributed by atoms with E-state index in [-0.39, 0.29) is 17.6 Å². The van der Waals surface area contributed by atoms with Crippen LogP contribution in [0.25, 0.3) is 10.2 Å². The molecule has 2 heterocycles. The van der Waals surface area contributed by atoms with Gasteiger partial charge in [-0.05, 0) is 25.8 Å². The van der Waals surface area contributed by atoms with Crippen LogP contribution in [-0.4, -0.2) is 40.1 Å². The summed E-state index contributed by atoms with van der Waals surface area (Å²) in [5.74, 6) is -0.128. The fourth-order valence-electron chi connectivity index (χ4n) is 2.06. The largest absolute Gasteiger partial charge is 0.354 e. The summed E-state index contributed by atoms with van der Waals surface area (Å²) in [5.41, 5.74) is 0. The van der Waals surface area contributed by atoms with Gasteiger partial charge in [-0.15, -0.1) is 11.3 Å². The van der Waals surface area contributed by atoms with Crippen molar-refractivity contribution in [1.29, 1.82) is 0 Å². The van der Waals surface area contributed by atoms with E-state index in [1.54, 1.807) is 18.3 Å². The predicted octanol–water partition coefficient (Wildman–Crippen LogP) is 2.38. The van der Waals surface area contributed by atoms with Gasteiger partial charge in [0.05, 0.1) is 5.75 Å². The Labute approximate surface area is 149 Å². The van der Waals surface area contributed by atoms with Crippen LogP contribution in [-0.2, 0) is 16.0 Å². The fraction of sp³-hybridized carbons (Fsp3) is 0.500.